The molecule has 0 radical (unpaired) electrons. The summed E-state index contributed by atoms with van der Waals surface area (Å²) < 4.78 is 0. The Morgan fingerprint density at radius 1 is 1.35 bits per heavy atom. The molecule has 1 aromatic heterocycles. The largest absolute Gasteiger partial charge is 0.348 e. The highest BCUT2D eigenvalue weighted by atomic mass is 32.1. The van der Waals surface area contributed by atoms with E-state index in [1.807, 2.05) is 24.3 Å². The lowest BCUT2D eigenvalue weighted by Gasteiger charge is -2.40. The second-order valence-corrected chi connectivity index (χ2v) is 8.31. The van der Waals surface area contributed by atoms with Crippen LogP contribution in [-0.2, 0) is 17.8 Å². The van der Waals surface area contributed by atoms with Gasteiger partial charge in [0.25, 0.3) is 5.91 Å². The third kappa shape index (κ3) is 2.93. The highest BCUT2D eigenvalue weighted by Crippen LogP contribution is 2.37. The summed E-state index contributed by atoms with van der Waals surface area (Å²) in [7, 11) is 3.58. The highest BCUT2D eigenvalue weighted by molar-refractivity contribution is 7.07. The molecular formula is C20H23N3O2S. The monoisotopic (exact) mass is 369 g/mol. The molecule has 2 aliphatic rings. The quantitative estimate of drug-likeness (QED) is 0.900. The average molecular weight is 369 g/mol. The van der Waals surface area contributed by atoms with Crippen molar-refractivity contribution in [2.75, 3.05) is 27.2 Å². The first kappa shape index (κ1) is 17.2. The molecule has 1 fully saturated rings. The number of thiophene rings is 1. The van der Waals surface area contributed by atoms with E-state index in [-0.39, 0.29) is 17.7 Å². The van der Waals surface area contributed by atoms with E-state index in [0.29, 0.717) is 19.5 Å². The van der Waals surface area contributed by atoms with Crippen LogP contribution in [0, 0.1) is 5.92 Å². The second kappa shape index (κ2) is 6.52. The summed E-state index contributed by atoms with van der Waals surface area (Å²) in [5, 5.41) is 7.43. The molecule has 2 aliphatic heterocycles. The lowest BCUT2D eigenvalue weighted by Crippen LogP contribution is -2.61. The van der Waals surface area contributed by atoms with Crippen LogP contribution >= 0.6 is 11.3 Å². The first-order valence-corrected chi connectivity index (χ1v) is 9.78. The van der Waals surface area contributed by atoms with Gasteiger partial charge < -0.3 is 10.2 Å². The van der Waals surface area contributed by atoms with E-state index < -0.39 is 5.54 Å². The third-order valence-electron chi connectivity index (χ3n) is 5.47. The molecule has 1 spiro atoms. The van der Waals surface area contributed by atoms with Gasteiger partial charge in [-0.25, -0.2) is 0 Å². The van der Waals surface area contributed by atoms with Gasteiger partial charge in [-0.3, -0.25) is 14.5 Å². The normalized spacial score (nSPS) is 25.2. The van der Waals surface area contributed by atoms with E-state index >= 15 is 0 Å². The van der Waals surface area contributed by atoms with Crippen LogP contribution in [0.4, 0.5) is 0 Å². The number of likely N-dealkylation sites (tertiary alicyclic amines) is 1. The van der Waals surface area contributed by atoms with Crippen LogP contribution in [0.1, 0.15) is 21.5 Å². The molecule has 0 aliphatic carbocycles. The maximum absolute atomic E-state index is 12.9. The van der Waals surface area contributed by atoms with Crippen molar-refractivity contribution in [3.8, 4) is 0 Å². The standard InChI is InChI=1S/C20H23N3O2S/c1-22(2)19(25)17-11-23(10-14-7-8-26-12-14)13-20(17)9-15-5-3-4-6-16(15)18(24)21-20/h3-8,12,17H,9-11,13H2,1-2H3,(H,21,24)/t17-,20+/m0/s1. The van der Waals surface area contributed by atoms with Crippen LogP contribution in [0.3, 0.4) is 0 Å². The van der Waals surface area contributed by atoms with E-state index in [4.69, 9.17) is 0 Å². The van der Waals surface area contributed by atoms with Crippen molar-refractivity contribution in [3.05, 3.63) is 57.8 Å². The first-order chi connectivity index (χ1) is 12.5. The summed E-state index contributed by atoms with van der Waals surface area (Å²) in [5.74, 6) is -0.230. The van der Waals surface area contributed by atoms with Gasteiger partial charge in [0.2, 0.25) is 5.91 Å². The summed E-state index contributed by atoms with van der Waals surface area (Å²) in [4.78, 5) is 29.6. The smallest absolute Gasteiger partial charge is 0.252 e. The molecule has 136 valence electrons. The van der Waals surface area contributed by atoms with Gasteiger partial charge in [-0.2, -0.15) is 11.3 Å². The molecule has 0 bridgehead atoms. The Balaban J connectivity index is 1.67. The fourth-order valence-corrected chi connectivity index (χ4v) is 4.93. The Bertz CT molecular complexity index is 833. The number of carbonyl (C=O) groups is 2. The minimum absolute atomic E-state index is 0.0687. The summed E-state index contributed by atoms with van der Waals surface area (Å²) in [6.07, 6.45) is 0.694. The number of rotatable bonds is 3. The molecule has 1 saturated heterocycles. The van der Waals surface area contributed by atoms with Crippen molar-refractivity contribution in [2.45, 2.75) is 18.5 Å². The molecule has 6 heteroatoms. The van der Waals surface area contributed by atoms with Crippen molar-refractivity contribution in [2.24, 2.45) is 5.92 Å². The lowest BCUT2D eigenvalue weighted by molar-refractivity contribution is -0.134. The van der Waals surface area contributed by atoms with E-state index in [0.717, 1.165) is 17.7 Å². The maximum Gasteiger partial charge on any atom is 0.252 e. The summed E-state index contributed by atoms with van der Waals surface area (Å²) in [6.45, 7) is 2.16. The van der Waals surface area contributed by atoms with Crippen molar-refractivity contribution in [3.63, 3.8) is 0 Å². The van der Waals surface area contributed by atoms with E-state index in [2.05, 4.69) is 27.0 Å². The van der Waals surface area contributed by atoms with Crippen LogP contribution in [0.25, 0.3) is 0 Å². The van der Waals surface area contributed by atoms with Gasteiger partial charge in [-0.15, -0.1) is 0 Å². The minimum Gasteiger partial charge on any atom is -0.348 e. The molecule has 2 aromatic rings. The Kier molecular flexibility index (Phi) is 4.32. The first-order valence-electron chi connectivity index (χ1n) is 8.83. The number of hydrogen-bond donors (Lipinski definition) is 1. The van der Waals surface area contributed by atoms with E-state index in [9.17, 15) is 9.59 Å². The molecule has 4 rings (SSSR count). The minimum atomic E-state index is -0.539. The molecule has 2 atom stereocenters. The van der Waals surface area contributed by atoms with Gasteiger partial charge >= 0.3 is 0 Å². The van der Waals surface area contributed by atoms with Crippen molar-refractivity contribution >= 4 is 23.2 Å². The zero-order valence-electron chi connectivity index (χ0n) is 15.1. The summed E-state index contributed by atoms with van der Waals surface area (Å²) in [5.41, 5.74) is 2.48. The van der Waals surface area contributed by atoms with Gasteiger partial charge in [0.05, 0.1) is 11.5 Å². The highest BCUT2D eigenvalue weighted by Gasteiger charge is 2.53. The molecule has 26 heavy (non-hydrogen) atoms. The number of amides is 2. The topological polar surface area (TPSA) is 52.7 Å². The average Bonchev–Trinajstić information content (AvgIpc) is 3.22. The number of hydrogen-bond acceptors (Lipinski definition) is 4. The summed E-state index contributed by atoms with van der Waals surface area (Å²) >= 11 is 1.68. The van der Waals surface area contributed by atoms with E-state index in [1.165, 1.54) is 5.56 Å². The van der Waals surface area contributed by atoms with Crippen LogP contribution in [-0.4, -0.2) is 54.3 Å². The molecule has 1 aromatic carbocycles. The van der Waals surface area contributed by atoms with Gasteiger partial charge in [0.15, 0.2) is 0 Å². The zero-order chi connectivity index (χ0) is 18.3. The molecule has 2 amide bonds. The van der Waals surface area contributed by atoms with Crippen LogP contribution in [0.5, 0.6) is 0 Å². The van der Waals surface area contributed by atoms with Crippen molar-refractivity contribution in [1.82, 2.24) is 15.1 Å². The number of benzene rings is 1. The molecule has 1 N–H and O–H groups in total. The van der Waals surface area contributed by atoms with Crippen LogP contribution in [0.2, 0.25) is 0 Å². The SMILES string of the molecule is CN(C)C(=O)[C@@H]1CN(Cc2ccsc2)C[C@]12Cc1ccccc1C(=O)N2. The fraction of sp³-hybridized carbons (Fsp3) is 0.400. The van der Waals surface area contributed by atoms with Gasteiger partial charge in [-0.05, 0) is 40.4 Å². The van der Waals surface area contributed by atoms with Gasteiger partial charge in [0, 0.05) is 39.3 Å². The van der Waals surface area contributed by atoms with Crippen LogP contribution in [0.15, 0.2) is 41.1 Å². The predicted octanol–water partition coefficient (Wildman–Crippen LogP) is 1.99. The molecular weight excluding hydrogens is 346 g/mol. The Hall–Kier alpha value is -2.18. The zero-order valence-corrected chi connectivity index (χ0v) is 15.9. The second-order valence-electron chi connectivity index (χ2n) is 7.53. The van der Waals surface area contributed by atoms with Crippen molar-refractivity contribution in [1.29, 1.82) is 0 Å². The predicted molar refractivity (Wildman–Crippen MR) is 102 cm³/mol. The summed E-state index contributed by atoms with van der Waals surface area (Å²) in [6, 6.07) is 9.84. The molecule has 0 saturated carbocycles. The third-order valence-corrected chi connectivity index (χ3v) is 6.20. The van der Waals surface area contributed by atoms with Gasteiger partial charge in [0.1, 0.15) is 0 Å². The fourth-order valence-electron chi connectivity index (χ4n) is 4.27. The number of carbonyl (C=O) groups excluding carboxylic acids is 2. The Morgan fingerprint density at radius 3 is 2.88 bits per heavy atom. The van der Waals surface area contributed by atoms with Crippen LogP contribution < -0.4 is 5.32 Å². The Morgan fingerprint density at radius 2 is 2.15 bits per heavy atom. The molecule has 0 unspecified atom stereocenters. The number of nitrogens with one attached hydrogen (secondary N) is 1. The lowest BCUT2D eigenvalue weighted by atomic mass is 9.77. The number of nitrogens with zero attached hydrogens (tertiary/aromatic N) is 2. The number of fused-ring (bicyclic) bond motifs is 1. The van der Waals surface area contributed by atoms with Crippen molar-refractivity contribution < 1.29 is 9.59 Å². The Labute approximate surface area is 157 Å². The molecule has 3 heterocycles. The van der Waals surface area contributed by atoms with E-state index in [1.54, 1.807) is 30.3 Å². The van der Waals surface area contributed by atoms with Gasteiger partial charge in [-0.1, -0.05) is 18.2 Å². The molecule has 5 nitrogen and oxygen atoms in total. The maximum atomic E-state index is 12.9.